The summed E-state index contributed by atoms with van der Waals surface area (Å²) in [5, 5.41) is 9.04. The molecule has 0 bridgehead atoms. The van der Waals surface area contributed by atoms with Gasteiger partial charge in [-0.1, -0.05) is 105 Å². The molecule has 3 heteroatoms. The predicted molar refractivity (Wildman–Crippen MR) is 133 cm³/mol. The van der Waals surface area contributed by atoms with Crippen molar-refractivity contribution >= 4 is 18.2 Å². The number of ether oxygens (including phenoxy) is 2. The number of phenols is 1. The second-order valence-corrected chi connectivity index (χ2v) is 6.26. The molecule has 0 saturated heterocycles. The summed E-state index contributed by atoms with van der Waals surface area (Å²) in [5.41, 5.74) is 2.93. The van der Waals surface area contributed by atoms with Crippen LogP contribution in [0.25, 0.3) is 18.2 Å². The van der Waals surface area contributed by atoms with Crippen LogP contribution in [-0.4, -0.2) is 18.0 Å². The Hall–Kier alpha value is -3.56. The summed E-state index contributed by atoms with van der Waals surface area (Å²) in [4.78, 5) is 0. The lowest BCUT2D eigenvalue weighted by Crippen LogP contribution is -2.16. The predicted octanol–water partition coefficient (Wildman–Crippen LogP) is 7.46. The molecule has 0 aliphatic rings. The molecule has 0 amide bonds. The fraction of sp³-hybridized carbons (Fsp3) is 0.143. The van der Waals surface area contributed by atoms with Gasteiger partial charge in [-0.2, -0.15) is 0 Å². The SMILES string of the molecule is C=Cc1ccccc1.C=Cc1ccccc1O.C=Cc1ccccc1OC(C)OCC. The highest BCUT2D eigenvalue weighted by molar-refractivity contribution is 5.55. The van der Waals surface area contributed by atoms with E-state index in [2.05, 4.69) is 19.7 Å². The number of benzene rings is 3. The van der Waals surface area contributed by atoms with Crippen molar-refractivity contribution in [1.82, 2.24) is 0 Å². The van der Waals surface area contributed by atoms with Gasteiger partial charge in [0.1, 0.15) is 11.5 Å². The van der Waals surface area contributed by atoms with E-state index in [1.54, 1.807) is 24.3 Å². The molecule has 3 aromatic carbocycles. The highest BCUT2D eigenvalue weighted by Crippen LogP contribution is 2.20. The number of rotatable bonds is 7. The van der Waals surface area contributed by atoms with Crippen molar-refractivity contribution in [2.75, 3.05) is 6.61 Å². The number of aromatic hydroxyl groups is 1. The molecular weight excluding hydrogens is 384 g/mol. The first-order valence-corrected chi connectivity index (χ1v) is 10.1. The fourth-order valence-electron chi connectivity index (χ4n) is 2.45. The van der Waals surface area contributed by atoms with Crippen molar-refractivity contribution in [1.29, 1.82) is 0 Å². The van der Waals surface area contributed by atoms with Crippen molar-refractivity contribution in [3.8, 4) is 11.5 Å². The molecule has 3 nitrogen and oxygen atoms in total. The Kier molecular flexibility index (Phi) is 12.6. The first-order chi connectivity index (χ1) is 15.0. The number of phenolic OH excluding ortho intramolecular Hbond substituents is 1. The lowest BCUT2D eigenvalue weighted by Gasteiger charge is -2.15. The van der Waals surface area contributed by atoms with Gasteiger partial charge in [0.2, 0.25) is 0 Å². The highest BCUT2D eigenvalue weighted by atomic mass is 16.7. The maximum atomic E-state index is 9.04. The van der Waals surface area contributed by atoms with Gasteiger partial charge in [0.15, 0.2) is 6.29 Å². The van der Waals surface area contributed by atoms with Gasteiger partial charge in [-0.25, -0.2) is 0 Å². The molecule has 0 spiro atoms. The van der Waals surface area contributed by atoms with E-state index in [4.69, 9.17) is 14.6 Å². The average molecular weight is 417 g/mol. The van der Waals surface area contributed by atoms with E-state index in [1.165, 1.54) is 5.56 Å². The minimum atomic E-state index is -0.221. The van der Waals surface area contributed by atoms with Crippen LogP contribution >= 0.6 is 0 Å². The Morgan fingerprint density at radius 1 is 0.774 bits per heavy atom. The maximum absolute atomic E-state index is 9.04. The van der Waals surface area contributed by atoms with Gasteiger partial charge < -0.3 is 14.6 Å². The zero-order chi connectivity index (χ0) is 22.9. The van der Waals surface area contributed by atoms with E-state index in [-0.39, 0.29) is 12.0 Å². The van der Waals surface area contributed by atoms with Crippen LogP contribution in [0, 0.1) is 0 Å². The first kappa shape index (κ1) is 25.5. The molecule has 0 heterocycles. The molecule has 1 atom stereocenters. The summed E-state index contributed by atoms with van der Waals surface area (Å²) >= 11 is 0. The first-order valence-electron chi connectivity index (χ1n) is 10.1. The summed E-state index contributed by atoms with van der Waals surface area (Å²) in [6.07, 6.45) is 5.00. The average Bonchev–Trinajstić information content (AvgIpc) is 2.81. The van der Waals surface area contributed by atoms with Gasteiger partial charge in [-0.3, -0.25) is 0 Å². The third-order valence-corrected chi connectivity index (χ3v) is 4.03. The Labute approximate surface area is 186 Å². The standard InChI is InChI=1S/C12H16O2.C8H8O.C8H8/c1-4-11-8-6-7-9-12(11)14-10(3)13-5-2;1-2-7-5-3-4-6-8(7)9;1-2-8-6-4-3-5-7-8/h4,6-10H,1,5H2,2-3H3;2-6,9H,1H2;2-7H,1H2. The normalized spacial score (nSPS) is 10.3. The van der Waals surface area contributed by atoms with Crippen LogP contribution in [0.4, 0.5) is 0 Å². The molecule has 0 aromatic heterocycles. The van der Waals surface area contributed by atoms with Gasteiger partial charge in [0.25, 0.3) is 0 Å². The maximum Gasteiger partial charge on any atom is 0.196 e. The van der Waals surface area contributed by atoms with Crippen LogP contribution in [0.3, 0.4) is 0 Å². The molecular formula is C28H32O3. The van der Waals surface area contributed by atoms with E-state index in [1.807, 2.05) is 86.7 Å². The largest absolute Gasteiger partial charge is 0.507 e. The zero-order valence-electron chi connectivity index (χ0n) is 18.4. The number of hydrogen-bond acceptors (Lipinski definition) is 3. The quantitative estimate of drug-likeness (QED) is 0.406. The number of para-hydroxylation sites is 2. The Morgan fingerprint density at radius 3 is 1.81 bits per heavy atom. The van der Waals surface area contributed by atoms with Crippen LogP contribution in [0.15, 0.2) is 98.6 Å². The van der Waals surface area contributed by atoms with Crippen LogP contribution in [-0.2, 0) is 4.74 Å². The smallest absolute Gasteiger partial charge is 0.196 e. The third-order valence-electron chi connectivity index (χ3n) is 4.03. The molecule has 3 aromatic rings. The Balaban J connectivity index is 0.000000245. The summed E-state index contributed by atoms with van der Waals surface area (Å²) < 4.78 is 10.9. The molecule has 31 heavy (non-hydrogen) atoms. The van der Waals surface area contributed by atoms with Gasteiger partial charge in [-0.15, -0.1) is 0 Å². The molecule has 0 saturated carbocycles. The molecule has 1 N–H and O–H groups in total. The summed E-state index contributed by atoms with van der Waals surface area (Å²) in [5.74, 6) is 1.09. The van der Waals surface area contributed by atoms with Crippen molar-refractivity contribution in [2.24, 2.45) is 0 Å². The van der Waals surface area contributed by atoms with Crippen LogP contribution in [0.1, 0.15) is 30.5 Å². The highest BCUT2D eigenvalue weighted by Gasteiger charge is 2.04. The van der Waals surface area contributed by atoms with Gasteiger partial charge in [-0.05, 0) is 31.5 Å². The third kappa shape index (κ3) is 10.2. The Bertz CT molecular complexity index is 916. The minimum Gasteiger partial charge on any atom is -0.507 e. The van der Waals surface area contributed by atoms with Crippen molar-refractivity contribution in [2.45, 2.75) is 20.1 Å². The van der Waals surface area contributed by atoms with Crippen LogP contribution < -0.4 is 4.74 Å². The fourth-order valence-corrected chi connectivity index (χ4v) is 2.45. The molecule has 3 rings (SSSR count). The lowest BCUT2D eigenvalue weighted by molar-refractivity contribution is -0.0614. The van der Waals surface area contributed by atoms with E-state index in [9.17, 15) is 0 Å². The van der Waals surface area contributed by atoms with Crippen LogP contribution in [0.5, 0.6) is 11.5 Å². The zero-order valence-corrected chi connectivity index (χ0v) is 18.4. The van der Waals surface area contributed by atoms with E-state index < -0.39 is 0 Å². The second kappa shape index (κ2) is 15.3. The van der Waals surface area contributed by atoms with Crippen molar-refractivity contribution in [3.63, 3.8) is 0 Å². The lowest BCUT2D eigenvalue weighted by atomic mass is 10.2. The van der Waals surface area contributed by atoms with Crippen molar-refractivity contribution in [3.05, 3.63) is 115 Å². The summed E-state index contributed by atoms with van der Waals surface area (Å²) in [6, 6.07) is 24.9. The molecule has 162 valence electrons. The summed E-state index contributed by atoms with van der Waals surface area (Å²) in [6.45, 7) is 15.4. The topological polar surface area (TPSA) is 38.7 Å². The molecule has 0 aliphatic carbocycles. The van der Waals surface area contributed by atoms with Crippen molar-refractivity contribution < 1.29 is 14.6 Å². The molecule has 0 radical (unpaired) electrons. The molecule has 0 fully saturated rings. The van der Waals surface area contributed by atoms with E-state index in [0.717, 1.165) is 16.9 Å². The number of hydrogen-bond donors (Lipinski definition) is 1. The minimum absolute atomic E-state index is 0.221. The van der Waals surface area contributed by atoms with Crippen LogP contribution in [0.2, 0.25) is 0 Å². The second-order valence-electron chi connectivity index (χ2n) is 6.26. The van der Waals surface area contributed by atoms with Gasteiger partial charge in [0, 0.05) is 17.7 Å². The monoisotopic (exact) mass is 416 g/mol. The van der Waals surface area contributed by atoms with E-state index in [0.29, 0.717) is 6.61 Å². The van der Waals surface area contributed by atoms with Gasteiger partial charge in [0.05, 0.1) is 0 Å². The van der Waals surface area contributed by atoms with E-state index >= 15 is 0 Å². The molecule has 0 aliphatic heterocycles. The molecule has 1 unspecified atom stereocenters. The Morgan fingerprint density at radius 2 is 1.32 bits per heavy atom. The summed E-state index contributed by atoms with van der Waals surface area (Å²) in [7, 11) is 0. The van der Waals surface area contributed by atoms with Gasteiger partial charge >= 0.3 is 0 Å².